The standard InChI is InChI=1S/C12H12ClF2NO2/c13-7-10(17)9(16-12(18)11(14)15)6-8-4-2-1-3-5-8/h1-5,9,11H,6-7H2,(H,16,18). The van der Waals surface area contributed by atoms with Gasteiger partial charge < -0.3 is 5.32 Å². The summed E-state index contributed by atoms with van der Waals surface area (Å²) < 4.78 is 24.3. The van der Waals surface area contributed by atoms with Gasteiger partial charge in [0.15, 0.2) is 5.78 Å². The largest absolute Gasteiger partial charge is 0.341 e. The van der Waals surface area contributed by atoms with Gasteiger partial charge in [0, 0.05) is 0 Å². The Balaban J connectivity index is 2.73. The van der Waals surface area contributed by atoms with Crippen LogP contribution in [0.3, 0.4) is 0 Å². The lowest BCUT2D eigenvalue weighted by Gasteiger charge is -2.16. The third kappa shape index (κ3) is 4.41. The van der Waals surface area contributed by atoms with Gasteiger partial charge in [0.1, 0.15) is 0 Å². The van der Waals surface area contributed by atoms with Gasteiger partial charge in [0.2, 0.25) is 0 Å². The fraction of sp³-hybridized carbons (Fsp3) is 0.333. The second-order valence-electron chi connectivity index (χ2n) is 3.65. The van der Waals surface area contributed by atoms with Crippen molar-refractivity contribution in [1.82, 2.24) is 5.32 Å². The molecule has 1 aromatic rings. The average Bonchev–Trinajstić information content (AvgIpc) is 2.38. The van der Waals surface area contributed by atoms with Crippen molar-refractivity contribution in [2.45, 2.75) is 18.9 Å². The molecular formula is C12H12ClF2NO2. The first-order valence-electron chi connectivity index (χ1n) is 5.25. The summed E-state index contributed by atoms with van der Waals surface area (Å²) in [5, 5.41) is 1.99. The van der Waals surface area contributed by atoms with E-state index < -0.39 is 24.2 Å². The molecule has 0 heterocycles. The quantitative estimate of drug-likeness (QED) is 0.805. The molecule has 1 unspecified atom stereocenters. The third-order valence-corrected chi connectivity index (χ3v) is 2.58. The first kappa shape index (κ1) is 14.6. The number of rotatable bonds is 6. The van der Waals surface area contributed by atoms with Gasteiger partial charge in [-0.1, -0.05) is 30.3 Å². The van der Waals surface area contributed by atoms with E-state index in [9.17, 15) is 18.4 Å². The molecule has 0 radical (unpaired) electrons. The Morgan fingerprint density at radius 3 is 2.33 bits per heavy atom. The van der Waals surface area contributed by atoms with Crippen LogP contribution < -0.4 is 5.32 Å². The van der Waals surface area contributed by atoms with Crippen LogP contribution >= 0.6 is 11.6 Å². The first-order valence-corrected chi connectivity index (χ1v) is 5.79. The second kappa shape index (κ2) is 7.06. The summed E-state index contributed by atoms with van der Waals surface area (Å²) in [6, 6.07) is 7.76. The van der Waals surface area contributed by atoms with E-state index >= 15 is 0 Å². The molecule has 98 valence electrons. The van der Waals surface area contributed by atoms with Gasteiger partial charge in [-0.2, -0.15) is 8.78 Å². The minimum Gasteiger partial charge on any atom is -0.341 e. The molecule has 1 atom stereocenters. The Labute approximate surface area is 108 Å². The van der Waals surface area contributed by atoms with Gasteiger partial charge in [-0.05, 0) is 12.0 Å². The zero-order valence-electron chi connectivity index (χ0n) is 9.41. The molecule has 0 spiro atoms. The van der Waals surface area contributed by atoms with Crippen LogP contribution in [0.5, 0.6) is 0 Å². The number of hydrogen-bond donors (Lipinski definition) is 1. The minimum absolute atomic E-state index is 0.144. The SMILES string of the molecule is O=C(NC(Cc1ccccc1)C(=O)CCl)C(F)F. The molecule has 0 bridgehead atoms. The highest BCUT2D eigenvalue weighted by Gasteiger charge is 2.24. The number of carbonyl (C=O) groups excluding carboxylic acids is 2. The van der Waals surface area contributed by atoms with Crippen LogP contribution in [0.2, 0.25) is 0 Å². The molecule has 0 fully saturated rings. The summed E-state index contributed by atoms with van der Waals surface area (Å²) in [7, 11) is 0. The van der Waals surface area contributed by atoms with E-state index in [0.717, 1.165) is 5.56 Å². The molecule has 0 saturated heterocycles. The molecule has 18 heavy (non-hydrogen) atoms. The molecule has 1 N–H and O–H groups in total. The summed E-state index contributed by atoms with van der Waals surface area (Å²) in [5.41, 5.74) is 0.760. The predicted octanol–water partition coefficient (Wildman–Crippen LogP) is 1.79. The number of benzene rings is 1. The van der Waals surface area contributed by atoms with Crippen LogP contribution in [0, 0.1) is 0 Å². The van der Waals surface area contributed by atoms with Crippen LogP contribution in [-0.4, -0.2) is 30.0 Å². The lowest BCUT2D eigenvalue weighted by Crippen LogP contribution is -2.45. The Kier molecular flexibility index (Phi) is 5.71. The number of halogens is 3. The van der Waals surface area contributed by atoms with Crippen molar-refractivity contribution < 1.29 is 18.4 Å². The summed E-state index contributed by atoms with van der Waals surface area (Å²) in [5.74, 6) is -2.29. The molecule has 0 saturated carbocycles. The molecule has 1 aromatic carbocycles. The summed E-state index contributed by atoms with van der Waals surface area (Å²) in [6.45, 7) is 0. The lowest BCUT2D eigenvalue weighted by molar-refractivity contribution is -0.134. The zero-order valence-corrected chi connectivity index (χ0v) is 10.2. The van der Waals surface area contributed by atoms with E-state index in [1.807, 2.05) is 5.32 Å². The molecule has 1 rings (SSSR count). The average molecular weight is 276 g/mol. The summed E-state index contributed by atoms with van der Waals surface area (Å²) in [6.07, 6.45) is -3.00. The fourth-order valence-corrected chi connectivity index (χ4v) is 1.61. The molecule has 3 nitrogen and oxygen atoms in total. The Morgan fingerprint density at radius 2 is 1.83 bits per heavy atom. The Hall–Kier alpha value is -1.49. The number of Topliss-reactive ketones (excluding diaryl/α,β-unsaturated/α-hetero) is 1. The smallest absolute Gasteiger partial charge is 0.315 e. The second-order valence-corrected chi connectivity index (χ2v) is 3.92. The number of nitrogens with one attached hydrogen (secondary N) is 1. The van der Waals surface area contributed by atoms with E-state index in [4.69, 9.17) is 11.6 Å². The van der Waals surface area contributed by atoms with E-state index in [-0.39, 0.29) is 12.3 Å². The third-order valence-electron chi connectivity index (χ3n) is 2.32. The molecule has 0 aromatic heterocycles. The van der Waals surface area contributed by atoms with Crippen LogP contribution in [0.4, 0.5) is 8.78 Å². The van der Waals surface area contributed by atoms with Crippen molar-refractivity contribution in [3.8, 4) is 0 Å². The molecule has 0 aliphatic rings. The maximum Gasteiger partial charge on any atom is 0.315 e. The van der Waals surface area contributed by atoms with Gasteiger partial charge in [0.25, 0.3) is 5.91 Å². The minimum atomic E-state index is -3.15. The number of carbonyl (C=O) groups is 2. The van der Waals surface area contributed by atoms with Crippen molar-refractivity contribution in [1.29, 1.82) is 0 Å². The molecular weight excluding hydrogens is 264 g/mol. The van der Waals surface area contributed by atoms with Crippen molar-refractivity contribution in [3.05, 3.63) is 35.9 Å². The van der Waals surface area contributed by atoms with E-state index in [0.29, 0.717) is 0 Å². The Morgan fingerprint density at radius 1 is 1.22 bits per heavy atom. The maximum absolute atomic E-state index is 12.1. The van der Waals surface area contributed by atoms with Crippen molar-refractivity contribution in [2.24, 2.45) is 0 Å². The topological polar surface area (TPSA) is 46.2 Å². The lowest BCUT2D eigenvalue weighted by atomic mass is 10.0. The summed E-state index contributed by atoms with van der Waals surface area (Å²) in [4.78, 5) is 22.4. The molecule has 6 heteroatoms. The van der Waals surface area contributed by atoms with Gasteiger partial charge in [-0.15, -0.1) is 11.6 Å². The number of ketones is 1. The molecule has 0 aliphatic carbocycles. The number of amides is 1. The van der Waals surface area contributed by atoms with Crippen molar-refractivity contribution in [2.75, 3.05) is 5.88 Å². The Bertz CT molecular complexity index is 412. The molecule has 1 amide bonds. The highest BCUT2D eigenvalue weighted by molar-refractivity contribution is 6.28. The van der Waals surface area contributed by atoms with Crippen LogP contribution in [0.1, 0.15) is 5.56 Å². The van der Waals surface area contributed by atoms with Gasteiger partial charge >= 0.3 is 6.43 Å². The number of alkyl halides is 3. The van der Waals surface area contributed by atoms with Crippen LogP contribution in [-0.2, 0) is 16.0 Å². The van der Waals surface area contributed by atoms with Crippen molar-refractivity contribution >= 4 is 23.3 Å². The molecule has 0 aliphatic heterocycles. The van der Waals surface area contributed by atoms with Crippen LogP contribution in [0.15, 0.2) is 30.3 Å². The first-order chi connectivity index (χ1) is 8.54. The van der Waals surface area contributed by atoms with Crippen LogP contribution in [0.25, 0.3) is 0 Å². The normalized spacial score (nSPS) is 12.2. The van der Waals surface area contributed by atoms with Gasteiger partial charge in [0.05, 0.1) is 11.9 Å². The fourth-order valence-electron chi connectivity index (χ4n) is 1.42. The monoisotopic (exact) mass is 275 g/mol. The van der Waals surface area contributed by atoms with Gasteiger partial charge in [-0.25, -0.2) is 0 Å². The van der Waals surface area contributed by atoms with Crippen molar-refractivity contribution in [3.63, 3.8) is 0 Å². The maximum atomic E-state index is 12.1. The number of hydrogen-bond acceptors (Lipinski definition) is 2. The zero-order chi connectivity index (χ0) is 13.5. The highest BCUT2D eigenvalue weighted by Crippen LogP contribution is 2.06. The van der Waals surface area contributed by atoms with E-state index in [2.05, 4.69) is 0 Å². The van der Waals surface area contributed by atoms with E-state index in [1.54, 1.807) is 30.3 Å². The van der Waals surface area contributed by atoms with Gasteiger partial charge in [-0.3, -0.25) is 9.59 Å². The van der Waals surface area contributed by atoms with E-state index in [1.165, 1.54) is 0 Å². The highest BCUT2D eigenvalue weighted by atomic mass is 35.5. The predicted molar refractivity (Wildman–Crippen MR) is 63.8 cm³/mol. The summed E-state index contributed by atoms with van der Waals surface area (Å²) >= 11 is 5.39.